The van der Waals surface area contributed by atoms with Crippen LogP contribution < -0.4 is 10.1 Å². The van der Waals surface area contributed by atoms with Gasteiger partial charge in [-0.25, -0.2) is 0 Å². The lowest BCUT2D eigenvalue weighted by atomic mass is 9.88. The van der Waals surface area contributed by atoms with E-state index in [0.29, 0.717) is 18.8 Å². The van der Waals surface area contributed by atoms with Crippen molar-refractivity contribution < 1.29 is 14.8 Å². The molecule has 0 aromatic heterocycles. The molecule has 0 aliphatic heterocycles. The van der Waals surface area contributed by atoms with Crippen LogP contribution in [0.1, 0.15) is 33.6 Å². The molecule has 0 saturated heterocycles. The van der Waals surface area contributed by atoms with Gasteiger partial charge in [-0.1, -0.05) is 19.9 Å². The summed E-state index contributed by atoms with van der Waals surface area (Å²) in [5, 5.41) is 23.3. The monoisotopic (exact) mass is 296 g/mol. The first kappa shape index (κ1) is 17.2. The summed E-state index contributed by atoms with van der Waals surface area (Å²) in [5.74, 6) is 0.278. The van der Waals surface area contributed by atoms with Crippen LogP contribution in [0.4, 0.5) is 11.4 Å². The van der Waals surface area contributed by atoms with Crippen molar-refractivity contribution in [3.8, 4) is 5.75 Å². The average molecular weight is 296 g/mol. The number of benzene rings is 1. The van der Waals surface area contributed by atoms with Gasteiger partial charge in [0.05, 0.1) is 11.5 Å². The molecule has 0 spiro atoms. The molecule has 21 heavy (non-hydrogen) atoms. The van der Waals surface area contributed by atoms with Gasteiger partial charge in [0, 0.05) is 13.2 Å². The number of anilines is 1. The van der Waals surface area contributed by atoms with E-state index in [4.69, 9.17) is 9.84 Å². The number of aliphatic hydroxyl groups excluding tert-OH is 1. The molecule has 1 aromatic carbocycles. The topological polar surface area (TPSA) is 84.6 Å². The molecule has 0 saturated carbocycles. The van der Waals surface area contributed by atoms with Crippen LogP contribution >= 0.6 is 0 Å². The second-order valence-electron chi connectivity index (χ2n) is 5.69. The summed E-state index contributed by atoms with van der Waals surface area (Å²) in [6.45, 7) is 7.04. The molecule has 0 aliphatic rings. The van der Waals surface area contributed by atoms with E-state index < -0.39 is 4.92 Å². The summed E-state index contributed by atoms with van der Waals surface area (Å²) >= 11 is 0. The third-order valence-corrected chi connectivity index (χ3v) is 3.25. The maximum Gasteiger partial charge on any atom is 0.333 e. The molecule has 118 valence electrons. The molecule has 6 heteroatoms. The van der Waals surface area contributed by atoms with Crippen molar-refractivity contribution in [3.63, 3.8) is 0 Å². The van der Waals surface area contributed by atoms with Crippen LogP contribution in [-0.4, -0.2) is 29.8 Å². The van der Waals surface area contributed by atoms with Gasteiger partial charge in [0.25, 0.3) is 0 Å². The molecular formula is C15H24N2O4. The van der Waals surface area contributed by atoms with E-state index in [1.807, 2.05) is 0 Å². The fourth-order valence-corrected chi connectivity index (χ4v) is 2.11. The Morgan fingerprint density at radius 1 is 1.43 bits per heavy atom. The second kappa shape index (κ2) is 7.83. The summed E-state index contributed by atoms with van der Waals surface area (Å²) in [4.78, 5) is 10.8. The van der Waals surface area contributed by atoms with E-state index in [1.165, 1.54) is 0 Å². The van der Waals surface area contributed by atoms with E-state index >= 15 is 0 Å². The first-order valence-electron chi connectivity index (χ1n) is 7.16. The van der Waals surface area contributed by atoms with Gasteiger partial charge < -0.3 is 15.2 Å². The molecule has 0 fully saturated rings. The van der Waals surface area contributed by atoms with Gasteiger partial charge >= 0.3 is 5.69 Å². The van der Waals surface area contributed by atoms with E-state index in [1.54, 1.807) is 25.1 Å². The van der Waals surface area contributed by atoms with Crippen LogP contribution in [0.5, 0.6) is 5.75 Å². The number of ether oxygens (including phenoxy) is 1. The van der Waals surface area contributed by atoms with Gasteiger partial charge in [-0.3, -0.25) is 10.1 Å². The molecule has 0 radical (unpaired) electrons. The van der Waals surface area contributed by atoms with Crippen LogP contribution in [0, 0.1) is 15.5 Å². The fourth-order valence-electron chi connectivity index (χ4n) is 2.11. The molecule has 0 atom stereocenters. The first-order chi connectivity index (χ1) is 9.91. The molecule has 1 aromatic rings. The largest absolute Gasteiger partial charge is 0.487 e. The van der Waals surface area contributed by atoms with Crippen LogP contribution in [0.2, 0.25) is 0 Å². The molecule has 6 nitrogen and oxygen atoms in total. The molecular weight excluding hydrogens is 272 g/mol. The first-order valence-corrected chi connectivity index (χ1v) is 7.16. The lowest BCUT2D eigenvalue weighted by Gasteiger charge is -2.25. The maximum absolute atomic E-state index is 11.3. The van der Waals surface area contributed by atoms with Crippen molar-refractivity contribution in [1.29, 1.82) is 0 Å². The number of hydrogen-bond donors (Lipinski definition) is 2. The predicted octanol–water partition coefficient (Wildman–Crippen LogP) is 3.20. The number of nitrogens with one attached hydrogen (secondary N) is 1. The minimum Gasteiger partial charge on any atom is -0.487 e. The third kappa shape index (κ3) is 5.23. The number of nitro benzene ring substituents is 1. The zero-order valence-corrected chi connectivity index (χ0v) is 12.9. The Bertz CT molecular complexity index is 475. The minimum absolute atomic E-state index is 0.0303. The third-order valence-electron chi connectivity index (χ3n) is 3.25. The molecule has 0 amide bonds. The van der Waals surface area contributed by atoms with E-state index in [0.717, 1.165) is 12.8 Å². The highest BCUT2D eigenvalue weighted by Gasteiger charge is 2.23. The van der Waals surface area contributed by atoms with Crippen LogP contribution in [0.15, 0.2) is 18.2 Å². The van der Waals surface area contributed by atoms with Crippen molar-refractivity contribution in [2.75, 3.05) is 25.1 Å². The highest BCUT2D eigenvalue weighted by atomic mass is 16.6. The van der Waals surface area contributed by atoms with Gasteiger partial charge in [0.1, 0.15) is 5.69 Å². The molecule has 2 N–H and O–H groups in total. The van der Waals surface area contributed by atoms with E-state index in [2.05, 4.69) is 19.2 Å². The van der Waals surface area contributed by atoms with Gasteiger partial charge in [0.2, 0.25) is 0 Å². The molecule has 0 unspecified atom stereocenters. The highest BCUT2D eigenvalue weighted by Crippen LogP contribution is 2.35. The summed E-state index contributed by atoms with van der Waals surface area (Å²) in [6.07, 6.45) is 1.56. The zero-order valence-electron chi connectivity index (χ0n) is 12.9. The number of para-hydroxylation sites is 1. The van der Waals surface area contributed by atoms with Crippen molar-refractivity contribution in [3.05, 3.63) is 28.3 Å². The van der Waals surface area contributed by atoms with Crippen LogP contribution in [-0.2, 0) is 0 Å². The number of rotatable bonds is 9. The summed E-state index contributed by atoms with van der Waals surface area (Å²) in [5.41, 5.74) is 0.374. The number of aliphatic hydroxyl groups is 1. The number of nitrogens with zero attached hydrogens (tertiary/aromatic N) is 1. The average Bonchev–Trinajstić information content (AvgIpc) is 2.43. The highest BCUT2D eigenvalue weighted by molar-refractivity contribution is 5.68. The Morgan fingerprint density at radius 3 is 2.71 bits per heavy atom. The number of nitro groups is 1. The molecule has 0 heterocycles. The molecule has 1 rings (SSSR count). The Hall–Kier alpha value is -1.82. The van der Waals surface area contributed by atoms with Gasteiger partial charge in [-0.2, -0.15) is 0 Å². The normalized spacial score (nSPS) is 11.2. The smallest absolute Gasteiger partial charge is 0.333 e. The summed E-state index contributed by atoms with van der Waals surface area (Å²) < 4.78 is 5.32. The quantitative estimate of drug-likeness (QED) is 0.540. The molecule has 0 bridgehead atoms. The lowest BCUT2D eigenvalue weighted by Crippen LogP contribution is -2.23. The van der Waals surface area contributed by atoms with Crippen molar-refractivity contribution >= 4 is 11.4 Å². The van der Waals surface area contributed by atoms with Gasteiger partial charge in [-0.05, 0) is 37.3 Å². The fraction of sp³-hybridized carbons (Fsp3) is 0.600. The SMILES string of the molecule is CCOc1cccc(NCC(C)(C)CCCO)c1[N+](=O)[O-]. The Labute approximate surface area is 125 Å². The van der Waals surface area contributed by atoms with Crippen molar-refractivity contribution in [2.24, 2.45) is 5.41 Å². The van der Waals surface area contributed by atoms with Crippen LogP contribution in [0.25, 0.3) is 0 Å². The Morgan fingerprint density at radius 2 is 2.14 bits per heavy atom. The van der Waals surface area contributed by atoms with Crippen molar-refractivity contribution in [2.45, 2.75) is 33.6 Å². The van der Waals surface area contributed by atoms with Gasteiger partial charge in [0.15, 0.2) is 5.75 Å². The molecule has 0 aliphatic carbocycles. The summed E-state index contributed by atoms with van der Waals surface area (Å²) in [7, 11) is 0. The Balaban J connectivity index is 2.88. The number of hydrogen-bond acceptors (Lipinski definition) is 5. The maximum atomic E-state index is 11.3. The lowest BCUT2D eigenvalue weighted by molar-refractivity contribution is -0.384. The van der Waals surface area contributed by atoms with E-state index in [9.17, 15) is 10.1 Å². The standard InChI is InChI=1S/C15H24N2O4/c1-4-21-13-8-5-7-12(14(13)17(19)20)16-11-15(2,3)9-6-10-18/h5,7-8,16,18H,4,6,9-11H2,1-3H3. The van der Waals surface area contributed by atoms with Gasteiger partial charge in [-0.15, -0.1) is 0 Å². The van der Waals surface area contributed by atoms with Crippen molar-refractivity contribution in [1.82, 2.24) is 0 Å². The minimum atomic E-state index is -0.423. The van der Waals surface area contributed by atoms with E-state index in [-0.39, 0.29) is 23.5 Å². The summed E-state index contributed by atoms with van der Waals surface area (Å²) in [6, 6.07) is 5.02. The second-order valence-corrected chi connectivity index (χ2v) is 5.69. The van der Waals surface area contributed by atoms with Crippen LogP contribution in [0.3, 0.4) is 0 Å². The zero-order chi connectivity index (χ0) is 15.9. The Kier molecular flexibility index (Phi) is 6.42. The predicted molar refractivity (Wildman–Crippen MR) is 82.9 cm³/mol.